The molecule has 0 spiro atoms. The molecule has 6 rings (SSSR count). The first-order chi connectivity index (χ1) is 20.6. The molecule has 0 heterocycles. The van der Waals surface area contributed by atoms with Gasteiger partial charge in [-0.2, -0.15) is 0 Å². The molecular weight excluding hydrogens is 508 g/mol. The molecule has 0 aliphatic heterocycles. The number of benzene rings is 5. The first-order valence-electron chi connectivity index (χ1n) is 14.4. The van der Waals surface area contributed by atoms with Crippen molar-refractivity contribution in [3.8, 4) is 0 Å². The molecule has 5 aromatic carbocycles. The molecule has 0 aromatic heterocycles. The van der Waals surface area contributed by atoms with Crippen LogP contribution in [0.15, 0.2) is 164 Å². The maximum absolute atomic E-state index is 4.08. The van der Waals surface area contributed by atoms with Gasteiger partial charge >= 0.3 is 0 Å². The molecule has 2 nitrogen and oxygen atoms in total. The van der Waals surface area contributed by atoms with E-state index in [-0.39, 0.29) is 0 Å². The molecule has 1 aliphatic carbocycles. The van der Waals surface area contributed by atoms with Gasteiger partial charge in [0.05, 0.1) is 0 Å². The summed E-state index contributed by atoms with van der Waals surface area (Å²) >= 11 is 0. The molecule has 1 unspecified atom stereocenters. The number of hydrogen-bond donors (Lipinski definition) is 2. The van der Waals surface area contributed by atoms with Gasteiger partial charge < -0.3 is 10.6 Å². The summed E-state index contributed by atoms with van der Waals surface area (Å²) in [6.45, 7) is 8.38. The lowest BCUT2D eigenvalue weighted by Crippen LogP contribution is -2.24. The second kappa shape index (κ2) is 16.2. The van der Waals surface area contributed by atoms with Gasteiger partial charge in [0.1, 0.15) is 0 Å². The lowest BCUT2D eigenvalue weighted by molar-refractivity contribution is 0.883. The van der Waals surface area contributed by atoms with E-state index < -0.39 is 0 Å². The number of anilines is 3. The van der Waals surface area contributed by atoms with Gasteiger partial charge in [-0.3, -0.25) is 0 Å². The van der Waals surface area contributed by atoms with Gasteiger partial charge in [-0.05, 0) is 83.8 Å². The van der Waals surface area contributed by atoms with E-state index in [0.29, 0.717) is 6.04 Å². The summed E-state index contributed by atoms with van der Waals surface area (Å²) < 4.78 is 0. The highest BCUT2D eigenvalue weighted by atomic mass is 14.9. The Labute approximate surface area is 251 Å². The normalized spacial score (nSPS) is 13.9. The largest absolute Gasteiger partial charge is 0.379 e. The Morgan fingerprint density at radius 1 is 0.619 bits per heavy atom. The van der Waals surface area contributed by atoms with Crippen LogP contribution in [0.3, 0.4) is 0 Å². The lowest BCUT2D eigenvalue weighted by atomic mass is 9.99. The van der Waals surface area contributed by atoms with Crippen molar-refractivity contribution in [2.75, 3.05) is 10.6 Å². The van der Waals surface area contributed by atoms with E-state index >= 15 is 0 Å². The minimum Gasteiger partial charge on any atom is -0.379 e. The highest BCUT2D eigenvalue weighted by molar-refractivity contribution is 5.66. The molecule has 0 bridgehead atoms. The Hall–Kier alpha value is -5.08. The molecule has 2 heteroatoms. The minimum absolute atomic E-state index is 0.451. The van der Waals surface area contributed by atoms with Crippen molar-refractivity contribution in [3.05, 3.63) is 185 Å². The fraction of sp³-hybridized carbons (Fsp3) is 0.100. The topological polar surface area (TPSA) is 24.1 Å². The molecule has 1 atom stereocenters. The highest BCUT2D eigenvalue weighted by Crippen LogP contribution is 2.16. The van der Waals surface area contributed by atoms with E-state index in [1.54, 1.807) is 0 Å². The average molecular weight is 549 g/mol. The number of nitrogens with one attached hydrogen (secondary N) is 2. The van der Waals surface area contributed by atoms with Gasteiger partial charge in [-0.1, -0.05) is 134 Å². The summed E-state index contributed by atoms with van der Waals surface area (Å²) in [5.41, 5.74) is 7.33. The molecule has 0 amide bonds. The van der Waals surface area contributed by atoms with Crippen LogP contribution < -0.4 is 21.1 Å². The first kappa shape index (κ1) is 29.9. The van der Waals surface area contributed by atoms with Crippen LogP contribution in [0.5, 0.6) is 0 Å². The van der Waals surface area contributed by atoms with Crippen LogP contribution in [-0.4, -0.2) is 6.04 Å². The van der Waals surface area contributed by atoms with Crippen molar-refractivity contribution in [3.63, 3.8) is 0 Å². The Bertz CT molecular complexity index is 1630. The van der Waals surface area contributed by atoms with Crippen molar-refractivity contribution >= 4 is 29.2 Å². The molecule has 2 N–H and O–H groups in total. The second-order valence-electron chi connectivity index (χ2n) is 10.1. The smallest absolute Gasteiger partial charge is 0.0482 e. The maximum atomic E-state index is 4.08. The van der Waals surface area contributed by atoms with Crippen LogP contribution in [0.25, 0.3) is 12.2 Å². The summed E-state index contributed by atoms with van der Waals surface area (Å²) in [5.74, 6) is 0. The molecule has 5 aromatic rings. The molecule has 210 valence electrons. The van der Waals surface area contributed by atoms with Gasteiger partial charge in [0.25, 0.3) is 0 Å². The van der Waals surface area contributed by atoms with Crippen LogP contribution >= 0.6 is 0 Å². The van der Waals surface area contributed by atoms with E-state index in [1.165, 1.54) is 27.6 Å². The van der Waals surface area contributed by atoms with Crippen molar-refractivity contribution in [2.24, 2.45) is 0 Å². The van der Waals surface area contributed by atoms with E-state index in [1.807, 2.05) is 84.9 Å². The Morgan fingerprint density at radius 2 is 1.14 bits per heavy atom. The molecular formula is C40H40N2. The molecule has 0 saturated carbocycles. The average Bonchev–Trinajstić information content (AvgIpc) is 3.04. The molecule has 0 radical (unpaired) electrons. The number of para-hydroxylation sites is 3. The Morgan fingerprint density at radius 3 is 1.69 bits per heavy atom. The van der Waals surface area contributed by atoms with Crippen LogP contribution in [-0.2, 0) is 0 Å². The Kier molecular flexibility index (Phi) is 11.6. The number of aryl methyl sites for hydroxylation is 1. The first-order valence-corrected chi connectivity index (χ1v) is 14.4. The zero-order valence-corrected chi connectivity index (χ0v) is 24.6. The maximum Gasteiger partial charge on any atom is 0.0482 e. The summed E-state index contributed by atoms with van der Waals surface area (Å²) in [4.78, 5) is 0. The molecule has 0 fully saturated rings. The third-order valence-corrected chi connectivity index (χ3v) is 6.91. The fourth-order valence-electron chi connectivity index (χ4n) is 4.67. The minimum atomic E-state index is 0.451. The summed E-state index contributed by atoms with van der Waals surface area (Å²) in [6.07, 6.45) is 9.62. The van der Waals surface area contributed by atoms with Gasteiger partial charge in [0.15, 0.2) is 0 Å². The quantitative estimate of drug-likeness (QED) is 0.229. The zero-order valence-electron chi connectivity index (χ0n) is 24.6. The van der Waals surface area contributed by atoms with Gasteiger partial charge in [-0.15, -0.1) is 0 Å². The van der Waals surface area contributed by atoms with Crippen molar-refractivity contribution in [2.45, 2.75) is 26.3 Å². The van der Waals surface area contributed by atoms with Crippen LogP contribution in [0.4, 0.5) is 17.1 Å². The third kappa shape index (κ3) is 9.53. The number of allylic oxidation sites excluding steroid dienone is 2. The molecule has 0 saturated heterocycles. The Balaban J connectivity index is 0.000000146. The van der Waals surface area contributed by atoms with Gasteiger partial charge in [-0.25, -0.2) is 0 Å². The third-order valence-electron chi connectivity index (χ3n) is 6.91. The van der Waals surface area contributed by atoms with Crippen LogP contribution in [0.1, 0.15) is 24.5 Å². The zero-order chi connectivity index (χ0) is 29.4. The van der Waals surface area contributed by atoms with E-state index in [0.717, 1.165) is 23.0 Å². The van der Waals surface area contributed by atoms with Crippen LogP contribution in [0.2, 0.25) is 0 Å². The van der Waals surface area contributed by atoms with Crippen LogP contribution in [0, 0.1) is 6.92 Å². The highest BCUT2D eigenvalue weighted by Gasteiger charge is 2.03. The number of rotatable bonds is 5. The molecule has 42 heavy (non-hydrogen) atoms. The van der Waals surface area contributed by atoms with E-state index in [9.17, 15) is 0 Å². The summed E-state index contributed by atoms with van der Waals surface area (Å²) in [5, 5.41) is 9.07. The monoisotopic (exact) mass is 548 g/mol. The molecule has 1 aliphatic rings. The van der Waals surface area contributed by atoms with Crippen molar-refractivity contribution in [1.82, 2.24) is 0 Å². The van der Waals surface area contributed by atoms with E-state index in [2.05, 4.69) is 110 Å². The second-order valence-corrected chi connectivity index (χ2v) is 10.1. The standard InChI is InChI=1S/C16H16.C12H13N.C12H11N/c1-12-8-4-6-10-15(12)14(3)16-11-7-5-9-13(16)2;2*1-3-7-11(8-4-1)13-12-9-5-2-6-10-12/h4-11H,1H2,2-3H3;1-9,12-13H,10H2;1-10,13H/b15-14-;;. The van der Waals surface area contributed by atoms with Gasteiger partial charge in [0, 0.05) is 23.1 Å². The van der Waals surface area contributed by atoms with E-state index in [4.69, 9.17) is 0 Å². The predicted molar refractivity (Wildman–Crippen MR) is 183 cm³/mol. The lowest BCUT2D eigenvalue weighted by Gasteiger charge is -2.16. The van der Waals surface area contributed by atoms with Gasteiger partial charge in [0.2, 0.25) is 0 Å². The predicted octanol–water partition coefficient (Wildman–Crippen LogP) is 9.04. The van der Waals surface area contributed by atoms with Crippen molar-refractivity contribution < 1.29 is 0 Å². The summed E-state index contributed by atoms with van der Waals surface area (Å²) in [7, 11) is 0. The summed E-state index contributed by atoms with van der Waals surface area (Å²) in [6, 6.07) is 47.8. The van der Waals surface area contributed by atoms with Crippen molar-refractivity contribution in [1.29, 1.82) is 0 Å². The number of hydrogen-bond acceptors (Lipinski definition) is 2. The fourth-order valence-corrected chi connectivity index (χ4v) is 4.67. The SMILES string of the molecule is C1=CCC(Nc2ccccc2)C=C1.C=c1cccc/c1=C(\C)c1ccccc1C.c1ccc(Nc2ccccc2)cc1.